The van der Waals surface area contributed by atoms with E-state index in [4.69, 9.17) is 26.1 Å². The second-order valence-corrected chi connectivity index (χ2v) is 14.7. The van der Waals surface area contributed by atoms with E-state index in [1.165, 1.54) is 29.8 Å². The van der Waals surface area contributed by atoms with Gasteiger partial charge in [-0.15, -0.1) is 11.3 Å². The van der Waals surface area contributed by atoms with Crippen molar-refractivity contribution in [3.63, 3.8) is 0 Å². The molecular weight excluding hydrogens is 685 g/mol. The zero-order valence-corrected chi connectivity index (χ0v) is 29.3. The van der Waals surface area contributed by atoms with Crippen molar-refractivity contribution in [1.82, 2.24) is 19.9 Å². The number of sulfone groups is 1. The summed E-state index contributed by atoms with van der Waals surface area (Å²) >= 11 is 8.05. The third kappa shape index (κ3) is 8.00. The fourth-order valence-corrected chi connectivity index (χ4v) is 7.68. The van der Waals surface area contributed by atoms with Crippen LogP contribution in [0, 0.1) is 5.82 Å². The molecule has 1 atom stereocenters. The van der Waals surface area contributed by atoms with Crippen molar-refractivity contribution in [2.75, 3.05) is 31.8 Å². The number of ether oxygens (including phenoxy) is 2. The van der Waals surface area contributed by atoms with Gasteiger partial charge in [0.1, 0.15) is 41.1 Å². The van der Waals surface area contributed by atoms with Gasteiger partial charge in [0, 0.05) is 34.6 Å². The molecule has 0 aliphatic carbocycles. The molecule has 1 N–H and O–H groups in total. The minimum atomic E-state index is -3.40. The van der Waals surface area contributed by atoms with Crippen LogP contribution in [0.4, 0.5) is 15.9 Å². The van der Waals surface area contributed by atoms with E-state index in [0.29, 0.717) is 56.2 Å². The Morgan fingerprint density at radius 3 is 2.57 bits per heavy atom. The van der Waals surface area contributed by atoms with Gasteiger partial charge in [-0.1, -0.05) is 41.9 Å². The Hall–Kier alpha value is -4.62. The summed E-state index contributed by atoms with van der Waals surface area (Å²) in [6.45, 7) is 2.53. The summed E-state index contributed by atoms with van der Waals surface area (Å²) < 4.78 is 50.8. The molecule has 13 heteroatoms. The van der Waals surface area contributed by atoms with Gasteiger partial charge in [0.15, 0.2) is 9.84 Å². The molecule has 0 spiro atoms. The van der Waals surface area contributed by atoms with Crippen LogP contribution < -0.4 is 14.8 Å². The standard InChI is InChI=1S/C36H33ClFN5O4S2/c1-23(43(2)14-15-49(44,45)27-10-5-4-6-11-27)36-42-32(21-48-36)28-18-29-31(19-34(28)46-3)39-22-40-35(29)41-26-12-13-33(30(37)17-26)47-20-24-8-7-9-25(38)16-24/h4-13,16-19,21-23H,14-15,20H2,1-3H3,(H,39,40,41). The number of hydrogen-bond donors (Lipinski definition) is 1. The molecule has 2 aromatic heterocycles. The van der Waals surface area contributed by atoms with E-state index in [0.717, 1.165) is 16.0 Å². The van der Waals surface area contributed by atoms with Gasteiger partial charge in [-0.25, -0.2) is 27.8 Å². The summed E-state index contributed by atoms with van der Waals surface area (Å²) in [7, 11) is 0.0927. The Bertz CT molecular complexity index is 2200. The summed E-state index contributed by atoms with van der Waals surface area (Å²) in [5, 5.41) is 7.26. The molecule has 0 aliphatic rings. The number of nitrogens with one attached hydrogen (secondary N) is 1. The van der Waals surface area contributed by atoms with Gasteiger partial charge in [0.2, 0.25) is 0 Å². The number of benzene rings is 4. The highest BCUT2D eigenvalue weighted by Gasteiger charge is 2.22. The molecule has 0 saturated carbocycles. The second-order valence-electron chi connectivity index (χ2n) is 11.3. The number of anilines is 2. The van der Waals surface area contributed by atoms with Crippen molar-refractivity contribution in [1.29, 1.82) is 0 Å². The third-order valence-corrected chi connectivity index (χ3v) is 11.1. The molecule has 0 saturated heterocycles. The first-order valence-electron chi connectivity index (χ1n) is 15.3. The Morgan fingerprint density at radius 2 is 1.82 bits per heavy atom. The Labute approximate surface area is 293 Å². The molecule has 6 aromatic rings. The minimum absolute atomic E-state index is 0.000234. The van der Waals surface area contributed by atoms with Crippen LogP contribution >= 0.6 is 22.9 Å². The number of hydrogen-bond acceptors (Lipinski definition) is 10. The van der Waals surface area contributed by atoms with Crippen LogP contribution in [0.2, 0.25) is 5.02 Å². The summed E-state index contributed by atoms with van der Waals surface area (Å²) in [6, 6.07) is 23.7. The first kappa shape index (κ1) is 34.3. The van der Waals surface area contributed by atoms with Crippen LogP contribution in [0.25, 0.3) is 22.2 Å². The Balaban J connectivity index is 1.20. The van der Waals surface area contributed by atoms with Crippen molar-refractivity contribution in [2.24, 2.45) is 0 Å². The van der Waals surface area contributed by atoms with Gasteiger partial charge < -0.3 is 14.8 Å². The zero-order chi connectivity index (χ0) is 34.5. The van der Waals surface area contributed by atoms with Crippen LogP contribution in [0.15, 0.2) is 102 Å². The third-order valence-electron chi connectivity index (χ3n) is 8.07. The lowest BCUT2D eigenvalue weighted by molar-refractivity contribution is 0.276. The zero-order valence-electron chi connectivity index (χ0n) is 26.9. The maximum absolute atomic E-state index is 13.5. The highest BCUT2D eigenvalue weighted by atomic mass is 35.5. The number of halogens is 2. The normalized spacial score (nSPS) is 12.3. The van der Waals surface area contributed by atoms with E-state index in [-0.39, 0.29) is 24.2 Å². The van der Waals surface area contributed by atoms with E-state index >= 15 is 0 Å². The van der Waals surface area contributed by atoms with Crippen molar-refractivity contribution >= 4 is 55.2 Å². The highest BCUT2D eigenvalue weighted by Crippen LogP contribution is 2.38. The molecule has 0 bridgehead atoms. The number of thiazole rings is 1. The number of methoxy groups -OCH3 is 1. The molecule has 4 aromatic carbocycles. The van der Waals surface area contributed by atoms with Crippen LogP contribution in [-0.4, -0.2) is 54.7 Å². The summed E-state index contributed by atoms with van der Waals surface area (Å²) in [4.78, 5) is 16.2. The first-order valence-corrected chi connectivity index (χ1v) is 18.2. The summed E-state index contributed by atoms with van der Waals surface area (Å²) in [6.07, 6.45) is 1.47. The average molecular weight is 718 g/mol. The SMILES string of the molecule is COc1cc2ncnc(Nc3ccc(OCc4cccc(F)c4)c(Cl)c3)c2cc1-c1csc(C(C)N(C)CCS(=O)(=O)c2ccccc2)n1. The molecule has 1 unspecified atom stereocenters. The number of aromatic nitrogens is 3. The number of nitrogens with zero attached hydrogens (tertiary/aromatic N) is 4. The monoisotopic (exact) mass is 717 g/mol. The molecule has 9 nitrogen and oxygen atoms in total. The van der Waals surface area contributed by atoms with Crippen LogP contribution in [0.1, 0.15) is 23.5 Å². The number of fused-ring (bicyclic) bond motifs is 1. The van der Waals surface area contributed by atoms with Crippen LogP contribution in [0.5, 0.6) is 11.5 Å². The van der Waals surface area contributed by atoms with Gasteiger partial charge in [-0.3, -0.25) is 4.90 Å². The molecule has 0 amide bonds. The largest absolute Gasteiger partial charge is 0.496 e. The van der Waals surface area contributed by atoms with Crippen LogP contribution in [-0.2, 0) is 16.4 Å². The van der Waals surface area contributed by atoms with E-state index in [9.17, 15) is 12.8 Å². The molecule has 0 radical (unpaired) electrons. The second kappa shape index (κ2) is 14.9. The molecule has 0 fully saturated rings. The molecule has 49 heavy (non-hydrogen) atoms. The lowest BCUT2D eigenvalue weighted by Gasteiger charge is -2.22. The van der Waals surface area contributed by atoms with Gasteiger partial charge in [-0.05, 0) is 68.1 Å². The lowest BCUT2D eigenvalue weighted by atomic mass is 10.1. The fraction of sp³-hybridized carbons (Fsp3) is 0.194. The lowest BCUT2D eigenvalue weighted by Crippen LogP contribution is -2.28. The van der Waals surface area contributed by atoms with Crippen molar-refractivity contribution in [3.05, 3.63) is 118 Å². The molecule has 252 valence electrons. The van der Waals surface area contributed by atoms with E-state index in [2.05, 4.69) is 15.3 Å². The molecule has 6 rings (SSSR count). The Kier molecular flexibility index (Phi) is 10.4. The Morgan fingerprint density at radius 1 is 1.00 bits per heavy atom. The van der Waals surface area contributed by atoms with Crippen molar-refractivity contribution < 1.29 is 22.3 Å². The van der Waals surface area contributed by atoms with E-state index < -0.39 is 9.84 Å². The van der Waals surface area contributed by atoms with E-state index in [1.807, 2.05) is 42.5 Å². The number of rotatable bonds is 13. The van der Waals surface area contributed by atoms with Gasteiger partial charge in [0.05, 0.1) is 40.0 Å². The average Bonchev–Trinajstić information content (AvgIpc) is 3.60. The van der Waals surface area contributed by atoms with Gasteiger partial charge in [-0.2, -0.15) is 0 Å². The quantitative estimate of drug-likeness (QED) is 0.126. The first-order chi connectivity index (χ1) is 23.6. The molecule has 2 heterocycles. The fourth-order valence-electron chi connectivity index (χ4n) is 5.17. The highest BCUT2D eigenvalue weighted by molar-refractivity contribution is 7.91. The predicted octanol–water partition coefficient (Wildman–Crippen LogP) is 8.34. The molecular formula is C36H33ClFN5O4S2. The minimum Gasteiger partial charge on any atom is -0.496 e. The predicted molar refractivity (Wildman–Crippen MR) is 192 cm³/mol. The van der Waals surface area contributed by atoms with Gasteiger partial charge >= 0.3 is 0 Å². The summed E-state index contributed by atoms with van der Waals surface area (Å²) in [5.41, 5.74) is 3.52. The van der Waals surface area contributed by atoms with Crippen molar-refractivity contribution in [3.8, 4) is 22.8 Å². The van der Waals surface area contributed by atoms with Gasteiger partial charge in [0.25, 0.3) is 0 Å². The smallest absolute Gasteiger partial charge is 0.179 e. The topological polar surface area (TPSA) is 107 Å². The van der Waals surface area contributed by atoms with Crippen molar-refractivity contribution in [2.45, 2.75) is 24.5 Å². The molecule has 0 aliphatic heterocycles. The maximum Gasteiger partial charge on any atom is 0.179 e. The maximum atomic E-state index is 13.5. The van der Waals surface area contributed by atoms with Crippen LogP contribution in [0.3, 0.4) is 0 Å². The summed E-state index contributed by atoms with van der Waals surface area (Å²) in [5.74, 6) is 1.30. The van der Waals surface area contributed by atoms with E-state index in [1.54, 1.807) is 61.7 Å².